The number of rotatable bonds is 4. The molecule has 0 fully saturated rings. The van der Waals surface area contributed by atoms with Gasteiger partial charge in [0.15, 0.2) is 0 Å². The second-order valence-electron chi connectivity index (χ2n) is 11.8. The maximum atomic E-state index is 9.26. The molecule has 0 amide bonds. The van der Waals surface area contributed by atoms with Crippen LogP contribution < -0.4 is 0 Å². The fourth-order valence-electron chi connectivity index (χ4n) is 7.04. The predicted octanol–water partition coefficient (Wildman–Crippen LogP) is 13.3. The van der Waals surface area contributed by atoms with Gasteiger partial charge < -0.3 is 8.83 Å². The Balaban J connectivity index is 1.31. The van der Waals surface area contributed by atoms with Crippen LogP contribution in [0.4, 0.5) is 0 Å². The van der Waals surface area contributed by atoms with Gasteiger partial charge in [-0.15, -0.1) is 0 Å². The lowest BCUT2D eigenvalue weighted by atomic mass is 9.85. The Hall–Kier alpha value is -6.38. The van der Waals surface area contributed by atoms with Crippen molar-refractivity contribution in [3.8, 4) is 44.7 Å². The van der Waals surface area contributed by atoms with Crippen molar-refractivity contribution in [1.29, 1.82) is 0 Å². The molecule has 10 aromatic rings. The first-order valence-corrected chi connectivity index (χ1v) is 15.7. The number of hydrogen-bond donors (Lipinski definition) is 0. The molecule has 0 radical (unpaired) electrons. The van der Waals surface area contributed by atoms with Gasteiger partial charge in [0.1, 0.15) is 22.5 Å². The third-order valence-electron chi connectivity index (χ3n) is 9.12. The molecule has 0 aliphatic heterocycles. The molecule has 8 aromatic carbocycles. The van der Waals surface area contributed by atoms with Crippen LogP contribution in [0.3, 0.4) is 0 Å². The van der Waals surface area contributed by atoms with Crippen LogP contribution in [0, 0.1) is 0 Å². The third kappa shape index (κ3) is 4.06. The lowest BCUT2D eigenvalue weighted by molar-refractivity contribution is 0.628. The van der Waals surface area contributed by atoms with Gasteiger partial charge >= 0.3 is 0 Å². The summed E-state index contributed by atoms with van der Waals surface area (Å²) in [5, 5.41) is 3.44. The van der Waals surface area contributed by atoms with Crippen LogP contribution in [-0.4, -0.2) is 0 Å². The minimum Gasteiger partial charge on any atom is -0.456 e. The smallest absolute Gasteiger partial charge is 0.139 e. The Labute approximate surface area is 288 Å². The first-order valence-electron chi connectivity index (χ1n) is 19.7. The van der Waals surface area contributed by atoms with Crippen LogP contribution >= 0.6 is 0 Å². The van der Waals surface area contributed by atoms with Crippen molar-refractivity contribution < 1.29 is 19.8 Å². The second kappa shape index (κ2) is 10.6. The molecule has 0 bridgehead atoms. The molecule has 0 N–H and O–H groups in total. The van der Waals surface area contributed by atoms with Crippen molar-refractivity contribution in [1.82, 2.24) is 0 Å². The van der Waals surface area contributed by atoms with Crippen molar-refractivity contribution >= 4 is 54.5 Å². The molecular formula is C46H28O2. The largest absolute Gasteiger partial charge is 0.456 e. The van der Waals surface area contributed by atoms with Crippen molar-refractivity contribution in [3.05, 3.63) is 170 Å². The summed E-state index contributed by atoms with van der Waals surface area (Å²) < 4.78 is 84.5. The zero-order valence-corrected chi connectivity index (χ0v) is 25.4. The maximum Gasteiger partial charge on any atom is 0.139 e. The van der Waals surface area contributed by atoms with Crippen molar-refractivity contribution in [2.75, 3.05) is 0 Å². The van der Waals surface area contributed by atoms with Gasteiger partial charge in [-0.1, -0.05) is 151 Å². The topological polar surface area (TPSA) is 26.3 Å². The maximum absolute atomic E-state index is 9.26. The Morgan fingerprint density at radius 3 is 1.46 bits per heavy atom. The summed E-state index contributed by atoms with van der Waals surface area (Å²) in [6, 6.07) is 35.3. The standard InChI is InChI=1S/C46H28O2/c1-3-13-29(14-4-1)40-27-38-41(48-40)28-42-46(37-21-11-12-22-39(37)47-42)45(38)32-25-23-31(24-26-32)44-35-19-9-7-17-33(35)43(30-15-5-2-6-16-30)34-18-8-10-20-36(34)44/h1-28H/i7D,8D,9D,10D,17D,18D,19D,20D. The van der Waals surface area contributed by atoms with E-state index in [9.17, 15) is 5.48 Å². The fraction of sp³-hybridized carbons (Fsp3) is 0. The first-order chi connectivity index (χ1) is 27.1. The van der Waals surface area contributed by atoms with Crippen LogP contribution in [-0.2, 0) is 0 Å². The molecule has 0 atom stereocenters. The molecule has 2 aromatic heterocycles. The van der Waals surface area contributed by atoms with Crippen molar-refractivity contribution in [3.63, 3.8) is 0 Å². The molecule has 224 valence electrons. The van der Waals surface area contributed by atoms with E-state index in [1.807, 2.05) is 97.1 Å². The molecule has 48 heavy (non-hydrogen) atoms. The van der Waals surface area contributed by atoms with Crippen molar-refractivity contribution in [2.24, 2.45) is 0 Å². The summed E-state index contributed by atoms with van der Waals surface area (Å²) in [6.07, 6.45) is 0. The highest BCUT2D eigenvalue weighted by molar-refractivity contribution is 6.22. The molecule has 0 aliphatic rings. The van der Waals surface area contributed by atoms with Gasteiger partial charge in [0.05, 0.1) is 11.0 Å². The number of benzene rings is 8. The van der Waals surface area contributed by atoms with Gasteiger partial charge in [0, 0.05) is 33.4 Å². The van der Waals surface area contributed by atoms with Crippen LogP contribution in [0.2, 0.25) is 0 Å². The second-order valence-corrected chi connectivity index (χ2v) is 11.8. The average molecular weight is 621 g/mol. The van der Waals surface area contributed by atoms with Gasteiger partial charge in [0.2, 0.25) is 0 Å². The Kier molecular flexibility index (Phi) is 4.41. The van der Waals surface area contributed by atoms with Gasteiger partial charge in [-0.25, -0.2) is 0 Å². The van der Waals surface area contributed by atoms with E-state index in [0.29, 0.717) is 39.2 Å². The van der Waals surface area contributed by atoms with Crippen LogP contribution in [0.1, 0.15) is 11.0 Å². The number of hydrogen-bond acceptors (Lipinski definition) is 2. The Morgan fingerprint density at radius 2 is 0.854 bits per heavy atom. The average Bonchev–Trinajstić information content (AvgIpc) is 3.83. The van der Waals surface area contributed by atoms with E-state index in [1.54, 1.807) is 24.3 Å². The van der Waals surface area contributed by atoms with Gasteiger partial charge in [-0.05, 0) is 61.5 Å². The zero-order chi connectivity index (χ0) is 38.6. The predicted molar refractivity (Wildman–Crippen MR) is 200 cm³/mol. The van der Waals surface area contributed by atoms with E-state index in [0.717, 1.165) is 38.4 Å². The monoisotopic (exact) mass is 620 g/mol. The highest BCUT2D eigenvalue weighted by atomic mass is 16.3. The van der Waals surface area contributed by atoms with E-state index in [2.05, 4.69) is 0 Å². The molecule has 2 heterocycles. The molecule has 0 saturated carbocycles. The SMILES string of the molecule is [2H]c1c([2H])c([2H])c2c(-c3ccc(-c4c5cc(-c6ccccc6)oc5cc5oc6ccccc6c45)cc3)c3c([2H])c([2H])c([2H])c([2H])c3c(-c3ccccc3)c2c1[2H]. The minimum absolute atomic E-state index is 0.174. The van der Waals surface area contributed by atoms with E-state index in [1.165, 1.54) is 0 Å². The summed E-state index contributed by atoms with van der Waals surface area (Å²) in [4.78, 5) is 0. The summed E-state index contributed by atoms with van der Waals surface area (Å²) in [5.41, 5.74) is 6.40. The van der Waals surface area contributed by atoms with E-state index in [4.69, 9.17) is 14.3 Å². The van der Waals surface area contributed by atoms with Gasteiger partial charge in [-0.2, -0.15) is 0 Å². The van der Waals surface area contributed by atoms with E-state index >= 15 is 0 Å². The number of furan rings is 2. The first kappa shape index (κ1) is 20.0. The lowest BCUT2D eigenvalue weighted by Gasteiger charge is -2.18. The molecule has 10 rings (SSSR count). The molecule has 0 aliphatic carbocycles. The van der Waals surface area contributed by atoms with Crippen LogP contribution in [0.25, 0.3) is 99.2 Å². The van der Waals surface area contributed by atoms with Gasteiger partial charge in [-0.3, -0.25) is 0 Å². The minimum atomic E-state index is -0.436. The fourth-order valence-corrected chi connectivity index (χ4v) is 7.04. The Bertz CT molecular complexity index is 3180. The molecule has 2 nitrogen and oxygen atoms in total. The van der Waals surface area contributed by atoms with Crippen LogP contribution in [0.15, 0.2) is 179 Å². The summed E-state index contributed by atoms with van der Waals surface area (Å²) in [6.45, 7) is 0. The molecular weight excluding hydrogens is 585 g/mol. The number of fused-ring (bicyclic) bond motifs is 6. The normalized spacial score (nSPS) is 14.1. The van der Waals surface area contributed by atoms with E-state index in [-0.39, 0.29) is 45.7 Å². The number of para-hydroxylation sites is 1. The Morgan fingerprint density at radius 1 is 0.354 bits per heavy atom. The highest BCUT2D eigenvalue weighted by Crippen LogP contribution is 2.46. The molecule has 2 heteroatoms. The summed E-state index contributed by atoms with van der Waals surface area (Å²) in [7, 11) is 0. The van der Waals surface area contributed by atoms with Gasteiger partial charge in [0.25, 0.3) is 0 Å². The summed E-state index contributed by atoms with van der Waals surface area (Å²) >= 11 is 0. The summed E-state index contributed by atoms with van der Waals surface area (Å²) in [5.74, 6) is 0.704. The highest BCUT2D eigenvalue weighted by Gasteiger charge is 2.21. The molecule has 0 saturated heterocycles. The third-order valence-corrected chi connectivity index (χ3v) is 9.12. The quantitative estimate of drug-likeness (QED) is 0.183. The van der Waals surface area contributed by atoms with Crippen LogP contribution in [0.5, 0.6) is 0 Å². The van der Waals surface area contributed by atoms with Crippen molar-refractivity contribution in [2.45, 2.75) is 0 Å². The zero-order valence-electron chi connectivity index (χ0n) is 33.4. The van der Waals surface area contributed by atoms with E-state index < -0.39 is 24.2 Å². The molecule has 0 unspecified atom stereocenters. The lowest BCUT2D eigenvalue weighted by Crippen LogP contribution is -1.91. The molecule has 0 spiro atoms.